The fraction of sp³-hybridized carbons (Fsp3) is 0.364. The van der Waals surface area contributed by atoms with E-state index in [9.17, 15) is 18.0 Å². The number of hydrazine groups is 1. The van der Waals surface area contributed by atoms with Crippen molar-refractivity contribution >= 4 is 11.9 Å². The van der Waals surface area contributed by atoms with Crippen LogP contribution in [-0.4, -0.2) is 37.8 Å². The first-order valence-electron chi connectivity index (χ1n) is 10.3. The molecule has 2 aromatic rings. The predicted molar refractivity (Wildman–Crippen MR) is 114 cm³/mol. The summed E-state index contributed by atoms with van der Waals surface area (Å²) in [6, 6.07) is 8.83. The molecule has 0 radical (unpaired) electrons. The number of hydrogen-bond donors (Lipinski definition) is 4. The van der Waals surface area contributed by atoms with Crippen LogP contribution in [0.5, 0.6) is 0 Å². The molecule has 2 aromatic carbocycles. The Morgan fingerprint density at radius 3 is 2.56 bits per heavy atom. The number of hydrogen-bond acceptors (Lipinski definition) is 4. The van der Waals surface area contributed by atoms with Crippen LogP contribution in [0.2, 0.25) is 0 Å². The van der Waals surface area contributed by atoms with Gasteiger partial charge in [-0.15, -0.1) is 0 Å². The fourth-order valence-corrected chi connectivity index (χ4v) is 3.29. The van der Waals surface area contributed by atoms with Gasteiger partial charge in [-0.05, 0) is 42.3 Å². The van der Waals surface area contributed by atoms with Gasteiger partial charge in [0.15, 0.2) is 11.6 Å². The molecular formula is C22H26F3N5O2. The highest BCUT2D eigenvalue weighted by Crippen LogP contribution is 2.21. The van der Waals surface area contributed by atoms with Crippen LogP contribution in [0.3, 0.4) is 0 Å². The molecule has 0 spiro atoms. The Kier molecular flexibility index (Phi) is 8.20. The summed E-state index contributed by atoms with van der Waals surface area (Å²) in [6.07, 6.45) is 0.962. The van der Waals surface area contributed by atoms with E-state index in [2.05, 4.69) is 26.5 Å². The molecule has 1 saturated heterocycles. The summed E-state index contributed by atoms with van der Waals surface area (Å²) < 4.78 is 45.1. The van der Waals surface area contributed by atoms with E-state index in [0.29, 0.717) is 19.4 Å². The predicted octanol–water partition coefficient (Wildman–Crippen LogP) is 2.77. The number of methoxy groups -OCH3 is 1. The normalized spacial score (nSPS) is 19.6. The van der Waals surface area contributed by atoms with Crippen molar-refractivity contribution in [3.05, 3.63) is 71.0 Å². The maximum absolute atomic E-state index is 13.5. The Balaban J connectivity index is 1.75. The lowest BCUT2D eigenvalue weighted by Gasteiger charge is -2.22. The summed E-state index contributed by atoms with van der Waals surface area (Å²) >= 11 is 0. The van der Waals surface area contributed by atoms with Crippen molar-refractivity contribution in [2.75, 3.05) is 13.7 Å². The third-order valence-electron chi connectivity index (χ3n) is 5.07. The van der Waals surface area contributed by atoms with Crippen LogP contribution in [0.25, 0.3) is 0 Å². The highest BCUT2D eigenvalue weighted by molar-refractivity contribution is 6.02. The lowest BCUT2D eigenvalue weighted by atomic mass is 10.0. The summed E-state index contributed by atoms with van der Waals surface area (Å²) in [7, 11) is 1.57. The van der Waals surface area contributed by atoms with Crippen molar-refractivity contribution in [3.63, 3.8) is 0 Å². The summed E-state index contributed by atoms with van der Waals surface area (Å²) in [5.41, 5.74) is 7.02. The summed E-state index contributed by atoms with van der Waals surface area (Å²) in [6.45, 7) is 2.33. The molecule has 3 rings (SSSR count). The summed E-state index contributed by atoms with van der Waals surface area (Å²) in [4.78, 5) is 16.6. The summed E-state index contributed by atoms with van der Waals surface area (Å²) in [5.74, 6) is -3.04. The van der Waals surface area contributed by atoms with Gasteiger partial charge in [-0.3, -0.25) is 4.79 Å². The highest BCUT2D eigenvalue weighted by Gasteiger charge is 2.26. The van der Waals surface area contributed by atoms with Gasteiger partial charge in [0.2, 0.25) is 5.96 Å². The molecular weight excluding hydrogens is 423 g/mol. The van der Waals surface area contributed by atoms with E-state index in [1.54, 1.807) is 19.2 Å². The van der Waals surface area contributed by atoms with Crippen LogP contribution in [-0.2, 0) is 4.74 Å². The van der Waals surface area contributed by atoms with Crippen molar-refractivity contribution in [1.82, 2.24) is 21.5 Å². The molecule has 1 heterocycles. The van der Waals surface area contributed by atoms with Crippen LogP contribution < -0.4 is 21.5 Å². The summed E-state index contributed by atoms with van der Waals surface area (Å²) in [5, 5.41) is 6.25. The number of carbonyl (C=O) groups is 1. The molecule has 0 aliphatic carbocycles. The van der Waals surface area contributed by atoms with Gasteiger partial charge in [-0.2, -0.15) is 4.99 Å². The second kappa shape index (κ2) is 11.1. The number of carbonyl (C=O) groups excluding carboxylic acids is 1. The van der Waals surface area contributed by atoms with Crippen molar-refractivity contribution < 1.29 is 22.7 Å². The van der Waals surface area contributed by atoms with E-state index in [1.165, 1.54) is 18.2 Å². The van der Waals surface area contributed by atoms with Gasteiger partial charge in [0.05, 0.1) is 18.8 Å². The first-order chi connectivity index (χ1) is 15.4. The van der Waals surface area contributed by atoms with Gasteiger partial charge in [-0.25, -0.2) is 24.0 Å². The van der Waals surface area contributed by atoms with E-state index in [4.69, 9.17) is 4.74 Å². The first kappa shape index (κ1) is 23.7. The van der Waals surface area contributed by atoms with Crippen LogP contribution in [0.1, 0.15) is 41.7 Å². The molecule has 0 aromatic heterocycles. The van der Waals surface area contributed by atoms with E-state index < -0.39 is 17.5 Å². The molecule has 3 atom stereocenters. The quantitative estimate of drug-likeness (QED) is 0.384. The van der Waals surface area contributed by atoms with E-state index in [1.807, 2.05) is 6.92 Å². The zero-order chi connectivity index (χ0) is 23.1. The Hall–Kier alpha value is -2.95. The number of nitrogens with zero attached hydrogens (tertiary/aromatic N) is 1. The Morgan fingerprint density at radius 2 is 1.91 bits per heavy atom. The average Bonchev–Trinajstić information content (AvgIpc) is 3.24. The van der Waals surface area contributed by atoms with Crippen molar-refractivity contribution in [2.24, 2.45) is 4.99 Å². The zero-order valence-electron chi connectivity index (χ0n) is 17.8. The number of rotatable bonds is 7. The smallest absolute Gasteiger partial charge is 0.280 e. The van der Waals surface area contributed by atoms with Gasteiger partial charge in [0, 0.05) is 25.1 Å². The molecule has 0 saturated carbocycles. The topological polar surface area (TPSA) is 86.8 Å². The maximum atomic E-state index is 13.5. The SMILES string of the molecule is CCC(COC)N/C(=N/C(=O)c1ccc(F)c(F)c1)NC1CC(c2ccc(F)cc2)NN1. The Bertz CT molecular complexity index is 955. The Labute approximate surface area is 184 Å². The minimum absolute atomic E-state index is 0.0773. The number of aliphatic imine (C=N–C) groups is 1. The van der Waals surface area contributed by atoms with Gasteiger partial charge in [0.25, 0.3) is 5.91 Å². The van der Waals surface area contributed by atoms with E-state index in [-0.39, 0.29) is 35.6 Å². The maximum Gasteiger partial charge on any atom is 0.280 e. The molecule has 7 nitrogen and oxygen atoms in total. The number of halogens is 3. The van der Waals surface area contributed by atoms with Crippen LogP contribution >= 0.6 is 0 Å². The van der Waals surface area contributed by atoms with Gasteiger partial charge in [-0.1, -0.05) is 19.1 Å². The third kappa shape index (κ3) is 6.28. The monoisotopic (exact) mass is 449 g/mol. The first-order valence-corrected chi connectivity index (χ1v) is 10.3. The van der Waals surface area contributed by atoms with Crippen molar-refractivity contribution in [3.8, 4) is 0 Å². The second-order valence-electron chi connectivity index (χ2n) is 7.42. The molecule has 32 heavy (non-hydrogen) atoms. The minimum atomic E-state index is -1.12. The molecule has 1 fully saturated rings. The van der Waals surface area contributed by atoms with Gasteiger partial charge in [0.1, 0.15) is 5.82 Å². The molecule has 10 heteroatoms. The molecule has 1 aliphatic heterocycles. The molecule has 3 unspecified atom stereocenters. The average molecular weight is 449 g/mol. The van der Waals surface area contributed by atoms with Crippen LogP contribution in [0.4, 0.5) is 13.2 Å². The Morgan fingerprint density at radius 1 is 1.16 bits per heavy atom. The molecule has 4 N–H and O–H groups in total. The largest absolute Gasteiger partial charge is 0.383 e. The standard InChI is InChI=1S/C22H26F3N5O2/c1-3-16(12-32-2)26-22(28-21(31)14-6-9-17(24)18(25)10-14)27-20-11-19(29-30-20)13-4-7-15(23)8-5-13/h4-10,16,19-20,29-30H,3,11-12H2,1-2H3,(H2,26,27,28,31). The number of amides is 1. The number of guanidine groups is 1. The fourth-order valence-electron chi connectivity index (χ4n) is 3.29. The van der Waals surface area contributed by atoms with Crippen molar-refractivity contribution in [2.45, 2.75) is 38.0 Å². The van der Waals surface area contributed by atoms with Crippen LogP contribution in [0, 0.1) is 17.5 Å². The third-order valence-corrected chi connectivity index (χ3v) is 5.07. The minimum Gasteiger partial charge on any atom is -0.383 e. The molecule has 172 valence electrons. The highest BCUT2D eigenvalue weighted by atomic mass is 19.2. The lowest BCUT2D eigenvalue weighted by Crippen LogP contribution is -2.52. The number of nitrogens with one attached hydrogen (secondary N) is 4. The van der Waals surface area contributed by atoms with Gasteiger partial charge >= 0.3 is 0 Å². The van der Waals surface area contributed by atoms with Crippen LogP contribution in [0.15, 0.2) is 47.5 Å². The zero-order valence-corrected chi connectivity index (χ0v) is 17.8. The van der Waals surface area contributed by atoms with E-state index >= 15 is 0 Å². The van der Waals surface area contributed by atoms with E-state index in [0.717, 1.165) is 17.7 Å². The molecule has 1 amide bonds. The van der Waals surface area contributed by atoms with Crippen molar-refractivity contribution in [1.29, 1.82) is 0 Å². The molecule has 0 bridgehead atoms. The number of benzene rings is 2. The number of ether oxygens (including phenoxy) is 1. The lowest BCUT2D eigenvalue weighted by molar-refractivity contribution is 0.100. The van der Waals surface area contributed by atoms with Gasteiger partial charge < -0.3 is 15.4 Å². The molecule has 1 aliphatic rings. The second-order valence-corrected chi connectivity index (χ2v) is 7.42.